The number of thiophene rings is 1. The highest BCUT2D eigenvalue weighted by Crippen LogP contribution is 2.30. The maximum Gasteiger partial charge on any atom is 0.265 e. The van der Waals surface area contributed by atoms with Gasteiger partial charge in [0.2, 0.25) is 5.91 Å². The molecule has 5 nitrogen and oxygen atoms in total. The van der Waals surface area contributed by atoms with Gasteiger partial charge in [0.15, 0.2) is 0 Å². The summed E-state index contributed by atoms with van der Waals surface area (Å²) in [5, 5.41) is 5.41. The smallest absolute Gasteiger partial charge is 0.265 e. The molecule has 1 aliphatic rings. The second kappa shape index (κ2) is 7.89. The summed E-state index contributed by atoms with van der Waals surface area (Å²) in [7, 11) is 0. The Morgan fingerprint density at radius 2 is 1.96 bits per heavy atom. The Morgan fingerprint density at radius 3 is 2.60 bits per heavy atom. The number of nitrogens with zero attached hydrogens (tertiary/aromatic N) is 2. The number of rotatable bonds is 4. The van der Waals surface area contributed by atoms with Crippen molar-refractivity contribution in [2.75, 3.05) is 36.4 Å². The number of anilines is 2. The van der Waals surface area contributed by atoms with Crippen LogP contribution in [0.2, 0.25) is 5.02 Å². The van der Waals surface area contributed by atoms with Crippen molar-refractivity contribution in [1.29, 1.82) is 0 Å². The van der Waals surface area contributed by atoms with Gasteiger partial charge in [-0.2, -0.15) is 0 Å². The van der Waals surface area contributed by atoms with Crippen LogP contribution in [-0.4, -0.2) is 42.9 Å². The van der Waals surface area contributed by atoms with E-state index in [-0.39, 0.29) is 11.8 Å². The summed E-state index contributed by atoms with van der Waals surface area (Å²) < 4.78 is 0. The van der Waals surface area contributed by atoms with Crippen molar-refractivity contribution in [1.82, 2.24) is 4.90 Å². The molecule has 7 heteroatoms. The number of halogens is 1. The van der Waals surface area contributed by atoms with Gasteiger partial charge in [0.1, 0.15) is 0 Å². The highest BCUT2D eigenvalue weighted by atomic mass is 35.5. The van der Waals surface area contributed by atoms with Crippen molar-refractivity contribution in [3.63, 3.8) is 0 Å². The number of benzene rings is 1. The largest absolute Gasteiger partial charge is 0.366 e. The Morgan fingerprint density at radius 1 is 1.20 bits per heavy atom. The Labute approximate surface area is 156 Å². The SMILES string of the molecule is CCC(=O)N1CCN(c2ccc(Cl)cc2NC(=O)c2cccs2)CC1. The highest BCUT2D eigenvalue weighted by Gasteiger charge is 2.22. The molecule has 0 bridgehead atoms. The van der Waals surface area contributed by atoms with E-state index < -0.39 is 0 Å². The number of hydrogen-bond acceptors (Lipinski definition) is 4. The summed E-state index contributed by atoms with van der Waals surface area (Å²) in [5.74, 6) is 0.0419. The standard InChI is InChI=1S/C18H20ClN3O2S/c1-2-17(23)22-9-7-21(8-10-22)15-6-5-13(19)12-14(15)20-18(24)16-4-3-11-25-16/h3-6,11-12H,2,7-10H2,1H3,(H,20,24). The molecule has 0 unspecified atom stereocenters. The number of nitrogens with one attached hydrogen (secondary N) is 1. The lowest BCUT2D eigenvalue weighted by molar-refractivity contribution is -0.131. The Hall–Kier alpha value is -2.05. The van der Waals surface area contributed by atoms with Crippen LogP contribution in [0, 0.1) is 0 Å². The highest BCUT2D eigenvalue weighted by molar-refractivity contribution is 7.12. The van der Waals surface area contributed by atoms with Crippen LogP contribution in [-0.2, 0) is 4.79 Å². The average Bonchev–Trinajstić information content (AvgIpc) is 3.16. The van der Waals surface area contributed by atoms with Crippen molar-refractivity contribution in [3.05, 3.63) is 45.6 Å². The Balaban J connectivity index is 1.76. The van der Waals surface area contributed by atoms with Gasteiger partial charge in [-0.1, -0.05) is 24.6 Å². The third-order valence-corrected chi connectivity index (χ3v) is 5.33. The molecule has 2 heterocycles. The first kappa shape index (κ1) is 17.8. The van der Waals surface area contributed by atoms with Crippen LogP contribution in [0.4, 0.5) is 11.4 Å². The monoisotopic (exact) mass is 377 g/mol. The van der Waals surface area contributed by atoms with Crippen LogP contribution >= 0.6 is 22.9 Å². The molecule has 2 amide bonds. The van der Waals surface area contributed by atoms with Gasteiger partial charge in [0.25, 0.3) is 5.91 Å². The molecule has 25 heavy (non-hydrogen) atoms. The average molecular weight is 378 g/mol. The maximum absolute atomic E-state index is 12.4. The predicted molar refractivity (Wildman–Crippen MR) is 103 cm³/mol. The van der Waals surface area contributed by atoms with Crippen LogP contribution in [0.5, 0.6) is 0 Å². The van der Waals surface area contributed by atoms with Crippen LogP contribution in [0.1, 0.15) is 23.0 Å². The van der Waals surface area contributed by atoms with Crippen LogP contribution in [0.25, 0.3) is 0 Å². The van der Waals surface area contributed by atoms with Crippen LogP contribution < -0.4 is 10.2 Å². The van der Waals surface area contributed by atoms with E-state index in [1.54, 1.807) is 12.1 Å². The molecule has 3 rings (SSSR count). The second-order valence-corrected chi connectivity index (χ2v) is 7.20. The van der Waals surface area contributed by atoms with Crippen LogP contribution in [0.15, 0.2) is 35.7 Å². The summed E-state index contributed by atoms with van der Waals surface area (Å²) in [4.78, 5) is 28.9. The topological polar surface area (TPSA) is 52.7 Å². The van der Waals surface area contributed by atoms with E-state index in [0.29, 0.717) is 35.1 Å². The van der Waals surface area contributed by atoms with Crippen molar-refractivity contribution in [3.8, 4) is 0 Å². The molecule has 0 radical (unpaired) electrons. The number of piperazine rings is 1. The quantitative estimate of drug-likeness (QED) is 0.883. The van der Waals surface area contributed by atoms with E-state index in [1.165, 1.54) is 11.3 Å². The first-order valence-corrected chi connectivity index (χ1v) is 9.51. The van der Waals surface area contributed by atoms with Crippen molar-refractivity contribution >= 4 is 46.1 Å². The molecular weight excluding hydrogens is 358 g/mol. The molecule has 132 valence electrons. The molecule has 1 N–H and O–H groups in total. The first-order valence-electron chi connectivity index (χ1n) is 8.25. The van der Waals surface area contributed by atoms with Gasteiger partial charge in [-0.3, -0.25) is 9.59 Å². The van der Waals surface area contributed by atoms with E-state index >= 15 is 0 Å². The van der Waals surface area contributed by atoms with Crippen molar-refractivity contribution < 1.29 is 9.59 Å². The third-order valence-electron chi connectivity index (χ3n) is 4.23. The van der Waals surface area contributed by atoms with Gasteiger partial charge >= 0.3 is 0 Å². The molecule has 1 aromatic carbocycles. The van der Waals surface area contributed by atoms with E-state index in [4.69, 9.17) is 11.6 Å². The van der Waals surface area contributed by atoms with Gasteiger partial charge in [0.05, 0.1) is 16.3 Å². The lowest BCUT2D eigenvalue weighted by atomic mass is 10.2. The zero-order valence-corrected chi connectivity index (χ0v) is 15.6. The Bertz CT molecular complexity index is 756. The molecule has 0 spiro atoms. The van der Waals surface area contributed by atoms with E-state index in [2.05, 4.69) is 10.2 Å². The van der Waals surface area contributed by atoms with E-state index in [0.717, 1.165) is 18.8 Å². The number of amides is 2. The molecule has 1 saturated heterocycles. The minimum atomic E-state index is -0.140. The lowest BCUT2D eigenvalue weighted by Crippen LogP contribution is -2.48. The summed E-state index contributed by atoms with van der Waals surface area (Å²) in [5.41, 5.74) is 1.62. The minimum absolute atomic E-state index is 0.140. The number of carbonyl (C=O) groups is 2. The molecule has 0 saturated carbocycles. The predicted octanol–water partition coefficient (Wildman–Crippen LogP) is 3.71. The Kier molecular flexibility index (Phi) is 5.60. The van der Waals surface area contributed by atoms with Gasteiger partial charge in [-0.15, -0.1) is 11.3 Å². The minimum Gasteiger partial charge on any atom is -0.366 e. The number of hydrogen-bond donors (Lipinski definition) is 1. The fourth-order valence-corrected chi connectivity index (χ4v) is 3.69. The molecule has 1 aliphatic heterocycles. The third kappa shape index (κ3) is 4.14. The first-order chi connectivity index (χ1) is 12.1. The zero-order valence-electron chi connectivity index (χ0n) is 14.0. The van der Waals surface area contributed by atoms with E-state index in [1.807, 2.05) is 35.4 Å². The van der Waals surface area contributed by atoms with Crippen molar-refractivity contribution in [2.45, 2.75) is 13.3 Å². The molecule has 1 aromatic heterocycles. The summed E-state index contributed by atoms with van der Waals surface area (Å²) in [6.07, 6.45) is 0.531. The summed E-state index contributed by atoms with van der Waals surface area (Å²) >= 11 is 7.53. The molecular formula is C18H20ClN3O2S. The lowest BCUT2D eigenvalue weighted by Gasteiger charge is -2.37. The van der Waals surface area contributed by atoms with Crippen LogP contribution in [0.3, 0.4) is 0 Å². The van der Waals surface area contributed by atoms with Gasteiger partial charge in [-0.25, -0.2) is 0 Å². The second-order valence-electron chi connectivity index (χ2n) is 5.81. The fourth-order valence-electron chi connectivity index (χ4n) is 2.90. The fraction of sp³-hybridized carbons (Fsp3) is 0.333. The molecule has 0 aliphatic carbocycles. The normalized spacial score (nSPS) is 14.5. The molecule has 0 atom stereocenters. The van der Waals surface area contributed by atoms with E-state index in [9.17, 15) is 9.59 Å². The van der Waals surface area contributed by atoms with Gasteiger partial charge in [-0.05, 0) is 29.6 Å². The summed E-state index contributed by atoms with van der Waals surface area (Å²) in [6.45, 7) is 4.72. The number of carbonyl (C=O) groups excluding carboxylic acids is 2. The van der Waals surface area contributed by atoms with Crippen molar-refractivity contribution in [2.24, 2.45) is 0 Å². The van der Waals surface area contributed by atoms with Gasteiger partial charge < -0.3 is 15.1 Å². The summed E-state index contributed by atoms with van der Waals surface area (Å²) in [6, 6.07) is 9.15. The maximum atomic E-state index is 12.4. The van der Waals surface area contributed by atoms with Gasteiger partial charge in [0, 0.05) is 37.6 Å². The molecule has 1 fully saturated rings. The molecule has 2 aromatic rings. The zero-order chi connectivity index (χ0) is 17.8.